The number of nitrogens with one attached hydrogen (secondary N) is 1. The van der Waals surface area contributed by atoms with E-state index >= 15 is 0 Å². The first-order chi connectivity index (χ1) is 14.2. The first-order valence-corrected chi connectivity index (χ1v) is 10.5. The van der Waals surface area contributed by atoms with Gasteiger partial charge in [-0.1, -0.05) is 18.9 Å². The van der Waals surface area contributed by atoms with E-state index in [2.05, 4.69) is 15.2 Å². The van der Waals surface area contributed by atoms with Crippen LogP contribution in [-0.2, 0) is 11.3 Å². The van der Waals surface area contributed by atoms with Gasteiger partial charge in [0.1, 0.15) is 11.9 Å². The highest BCUT2D eigenvalue weighted by atomic mass is 16.3. The van der Waals surface area contributed by atoms with Crippen LogP contribution >= 0.6 is 0 Å². The van der Waals surface area contributed by atoms with Crippen molar-refractivity contribution in [1.29, 1.82) is 0 Å². The van der Waals surface area contributed by atoms with Gasteiger partial charge in [0, 0.05) is 32.4 Å². The lowest BCUT2D eigenvalue weighted by Gasteiger charge is -2.23. The summed E-state index contributed by atoms with van der Waals surface area (Å²) in [6.07, 6.45) is 9.81. The van der Waals surface area contributed by atoms with E-state index in [1.54, 1.807) is 17.0 Å². The predicted molar refractivity (Wildman–Crippen MR) is 110 cm³/mol. The number of likely N-dealkylation sites (tertiary alicyclic amines) is 1. The van der Waals surface area contributed by atoms with Gasteiger partial charge in [-0.3, -0.25) is 9.59 Å². The molecule has 0 radical (unpaired) electrons. The Morgan fingerprint density at radius 1 is 1.07 bits per heavy atom. The minimum absolute atomic E-state index is 0.126. The van der Waals surface area contributed by atoms with Crippen molar-refractivity contribution in [2.45, 2.75) is 51.1 Å². The summed E-state index contributed by atoms with van der Waals surface area (Å²) in [5.41, 5.74) is 0.957. The quantitative estimate of drug-likeness (QED) is 0.841. The monoisotopic (exact) mass is 396 g/mol. The molecule has 2 fully saturated rings. The van der Waals surface area contributed by atoms with E-state index in [0.29, 0.717) is 19.5 Å². The van der Waals surface area contributed by atoms with E-state index in [1.807, 2.05) is 18.3 Å². The van der Waals surface area contributed by atoms with Crippen LogP contribution in [0.3, 0.4) is 0 Å². The van der Waals surface area contributed by atoms with Gasteiger partial charge in [-0.05, 0) is 49.4 Å². The highest BCUT2D eigenvalue weighted by molar-refractivity contribution is 5.95. The fourth-order valence-electron chi connectivity index (χ4n) is 4.14. The van der Waals surface area contributed by atoms with Crippen LogP contribution in [0.2, 0.25) is 0 Å². The lowest BCUT2D eigenvalue weighted by molar-refractivity contribution is -0.125. The number of nitrogens with zero attached hydrogens (tertiary/aromatic N) is 3. The Balaban J connectivity index is 1.32. The van der Waals surface area contributed by atoms with E-state index < -0.39 is 6.04 Å². The van der Waals surface area contributed by atoms with Gasteiger partial charge in [0.25, 0.3) is 5.91 Å². The number of rotatable bonds is 5. The first kappa shape index (κ1) is 19.5. The number of anilines is 1. The van der Waals surface area contributed by atoms with E-state index in [1.165, 1.54) is 31.9 Å². The normalized spacial score (nSPS) is 19.8. The molecule has 7 nitrogen and oxygen atoms in total. The maximum Gasteiger partial charge on any atom is 0.290 e. The minimum Gasteiger partial charge on any atom is -0.459 e. The van der Waals surface area contributed by atoms with Crippen LogP contribution in [0.1, 0.15) is 54.6 Å². The van der Waals surface area contributed by atoms with Gasteiger partial charge in [-0.15, -0.1) is 0 Å². The molecule has 2 saturated heterocycles. The number of aromatic nitrogens is 1. The molecule has 2 aromatic rings. The summed E-state index contributed by atoms with van der Waals surface area (Å²) in [4.78, 5) is 33.8. The molecule has 0 bridgehead atoms. The molecule has 154 valence electrons. The largest absolute Gasteiger partial charge is 0.459 e. The van der Waals surface area contributed by atoms with Crippen molar-refractivity contribution in [3.8, 4) is 0 Å². The molecule has 1 atom stereocenters. The summed E-state index contributed by atoms with van der Waals surface area (Å²) in [7, 11) is 0. The van der Waals surface area contributed by atoms with Crippen molar-refractivity contribution in [1.82, 2.24) is 15.2 Å². The van der Waals surface area contributed by atoms with Gasteiger partial charge in [-0.25, -0.2) is 4.98 Å². The average molecular weight is 396 g/mol. The molecule has 4 rings (SSSR count). The average Bonchev–Trinajstić information content (AvgIpc) is 3.39. The van der Waals surface area contributed by atoms with Crippen molar-refractivity contribution in [3.05, 3.63) is 48.0 Å². The summed E-state index contributed by atoms with van der Waals surface area (Å²) in [5.74, 6) is 0.932. The van der Waals surface area contributed by atoms with Gasteiger partial charge in [-0.2, -0.15) is 0 Å². The molecule has 4 heterocycles. The summed E-state index contributed by atoms with van der Waals surface area (Å²) in [5, 5.41) is 2.96. The number of carbonyl (C=O) groups is 2. The Morgan fingerprint density at radius 3 is 2.59 bits per heavy atom. The molecule has 2 aliphatic rings. The molecule has 0 saturated carbocycles. The number of furan rings is 1. The Bertz CT molecular complexity index is 811. The maximum absolute atomic E-state index is 12.7. The summed E-state index contributed by atoms with van der Waals surface area (Å²) in [6.45, 7) is 3.10. The molecule has 7 heteroatoms. The number of hydrogen-bond donors (Lipinski definition) is 1. The highest BCUT2D eigenvalue weighted by Crippen LogP contribution is 2.21. The Morgan fingerprint density at radius 2 is 1.90 bits per heavy atom. The third-order valence-corrected chi connectivity index (χ3v) is 5.75. The van der Waals surface area contributed by atoms with Crippen molar-refractivity contribution in [2.24, 2.45) is 0 Å². The van der Waals surface area contributed by atoms with Gasteiger partial charge in [0.05, 0.1) is 6.26 Å². The Hall–Kier alpha value is -2.83. The van der Waals surface area contributed by atoms with Crippen molar-refractivity contribution in [3.63, 3.8) is 0 Å². The molecule has 1 N–H and O–H groups in total. The second-order valence-corrected chi connectivity index (χ2v) is 7.78. The topological polar surface area (TPSA) is 78.7 Å². The SMILES string of the molecule is O=C(NCc1ccc(N2CCCCCC2)nc1)[C@@H]1CCCN1C(=O)c1ccco1. The fraction of sp³-hybridized carbons (Fsp3) is 0.500. The first-order valence-electron chi connectivity index (χ1n) is 10.5. The molecule has 0 spiro atoms. The number of carbonyl (C=O) groups excluding carboxylic acids is 2. The maximum atomic E-state index is 12.7. The standard InChI is InChI=1S/C22H28N4O3/c27-21(18-7-5-13-26(18)22(28)19-8-6-14-29-19)24-16-17-9-10-20(23-15-17)25-11-3-1-2-4-12-25/h6,8-10,14-15,18H,1-5,7,11-13,16H2,(H,24,27)/t18-/m0/s1. The third-order valence-electron chi connectivity index (χ3n) is 5.75. The predicted octanol–water partition coefficient (Wildman–Crippen LogP) is 2.98. The van der Waals surface area contributed by atoms with Crippen LogP contribution in [0.5, 0.6) is 0 Å². The lowest BCUT2D eigenvalue weighted by atomic mass is 10.2. The van der Waals surface area contributed by atoms with Gasteiger partial charge in [0.2, 0.25) is 5.91 Å². The van der Waals surface area contributed by atoms with Crippen molar-refractivity contribution < 1.29 is 14.0 Å². The van der Waals surface area contributed by atoms with E-state index in [-0.39, 0.29) is 17.6 Å². The number of pyridine rings is 1. The third kappa shape index (κ3) is 4.60. The van der Waals surface area contributed by atoms with E-state index in [4.69, 9.17) is 4.42 Å². The van der Waals surface area contributed by atoms with Crippen molar-refractivity contribution >= 4 is 17.6 Å². The number of amides is 2. The van der Waals surface area contributed by atoms with Crippen LogP contribution in [0, 0.1) is 0 Å². The summed E-state index contributed by atoms with van der Waals surface area (Å²) >= 11 is 0. The molecule has 0 unspecified atom stereocenters. The van der Waals surface area contributed by atoms with Gasteiger partial charge >= 0.3 is 0 Å². The second-order valence-electron chi connectivity index (χ2n) is 7.78. The summed E-state index contributed by atoms with van der Waals surface area (Å²) in [6, 6.07) is 6.92. The van der Waals surface area contributed by atoms with Crippen molar-refractivity contribution in [2.75, 3.05) is 24.5 Å². The molecule has 2 aromatic heterocycles. The molecule has 29 heavy (non-hydrogen) atoms. The smallest absolute Gasteiger partial charge is 0.290 e. The lowest BCUT2D eigenvalue weighted by Crippen LogP contribution is -2.45. The van der Waals surface area contributed by atoms with Crippen LogP contribution in [0.4, 0.5) is 5.82 Å². The minimum atomic E-state index is -0.447. The zero-order valence-corrected chi connectivity index (χ0v) is 16.7. The van der Waals surface area contributed by atoms with Crippen LogP contribution in [-0.4, -0.2) is 47.4 Å². The summed E-state index contributed by atoms with van der Waals surface area (Å²) < 4.78 is 5.20. The van der Waals surface area contributed by atoms with Crippen LogP contribution in [0.25, 0.3) is 0 Å². The molecule has 0 aromatic carbocycles. The van der Waals surface area contributed by atoms with Gasteiger partial charge in [0.15, 0.2) is 5.76 Å². The highest BCUT2D eigenvalue weighted by Gasteiger charge is 2.35. The van der Waals surface area contributed by atoms with E-state index in [0.717, 1.165) is 30.9 Å². The van der Waals surface area contributed by atoms with Crippen LogP contribution in [0.15, 0.2) is 41.1 Å². The Kier molecular flexibility index (Phi) is 6.12. The Labute approximate surface area is 171 Å². The van der Waals surface area contributed by atoms with Crippen LogP contribution < -0.4 is 10.2 Å². The van der Waals surface area contributed by atoms with E-state index in [9.17, 15) is 9.59 Å². The second kappa shape index (κ2) is 9.11. The molecular weight excluding hydrogens is 368 g/mol. The number of hydrogen-bond acceptors (Lipinski definition) is 5. The fourth-order valence-corrected chi connectivity index (χ4v) is 4.14. The van der Waals surface area contributed by atoms with Gasteiger partial charge < -0.3 is 19.5 Å². The molecule has 2 amide bonds. The zero-order valence-electron chi connectivity index (χ0n) is 16.7. The zero-order chi connectivity index (χ0) is 20.1. The molecular formula is C22H28N4O3. The molecule has 0 aliphatic carbocycles. The molecule has 2 aliphatic heterocycles.